The fourth-order valence-electron chi connectivity index (χ4n) is 7.05. The molecule has 47 heavy (non-hydrogen) atoms. The van der Waals surface area contributed by atoms with E-state index in [0.717, 1.165) is 25.1 Å². The van der Waals surface area contributed by atoms with Crippen LogP contribution in [0.5, 0.6) is 0 Å². The summed E-state index contributed by atoms with van der Waals surface area (Å²) in [6.07, 6.45) is 3.32. The van der Waals surface area contributed by atoms with E-state index in [1.54, 1.807) is 0 Å². The van der Waals surface area contributed by atoms with Crippen LogP contribution in [-0.2, 0) is 10.2 Å². The average molecular weight is 661 g/mol. The molecule has 3 aliphatic heterocycles. The smallest absolute Gasteiger partial charge is 0.319 e. The van der Waals surface area contributed by atoms with E-state index in [2.05, 4.69) is 89.6 Å². The number of carbonyl (C=O) groups is 1. The summed E-state index contributed by atoms with van der Waals surface area (Å²) in [5.41, 5.74) is 8.47. The van der Waals surface area contributed by atoms with E-state index in [9.17, 15) is 15.0 Å². The fraction of sp³-hybridized carbons (Fsp3) is 0.800. The van der Waals surface area contributed by atoms with Crippen LogP contribution < -0.4 is 27.0 Å². The highest BCUT2D eigenvalue weighted by Gasteiger charge is 2.53. The number of benzene rings is 1. The van der Waals surface area contributed by atoms with Crippen molar-refractivity contribution in [1.29, 1.82) is 0 Å². The number of likely N-dealkylation sites (N-methyl/N-ethyl adjacent to an activating group) is 1. The van der Waals surface area contributed by atoms with Gasteiger partial charge in [0.05, 0.1) is 31.7 Å². The van der Waals surface area contributed by atoms with Crippen LogP contribution in [0.4, 0.5) is 10.5 Å². The van der Waals surface area contributed by atoms with Crippen molar-refractivity contribution in [2.75, 3.05) is 45.3 Å². The molecule has 3 heterocycles. The Kier molecular flexibility index (Phi) is 13.9. The molecule has 3 fully saturated rings. The number of urea groups is 1. The van der Waals surface area contributed by atoms with Gasteiger partial charge in [-0.3, -0.25) is 15.5 Å². The van der Waals surface area contributed by atoms with E-state index in [1.807, 2.05) is 19.2 Å². The summed E-state index contributed by atoms with van der Waals surface area (Å²) in [6, 6.07) is 7.72. The number of amides is 2. The number of carbonyl (C=O) groups excluding carboxylic acids is 1. The van der Waals surface area contributed by atoms with E-state index in [-0.39, 0.29) is 41.8 Å². The number of aliphatic hydroxyl groups is 2. The van der Waals surface area contributed by atoms with Crippen molar-refractivity contribution in [2.45, 2.75) is 134 Å². The molecule has 12 nitrogen and oxygen atoms in total. The molecule has 3 aliphatic rings. The van der Waals surface area contributed by atoms with Gasteiger partial charge in [0.25, 0.3) is 0 Å². The zero-order chi connectivity index (χ0) is 34.3. The lowest BCUT2D eigenvalue weighted by Gasteiger charge is -2.45. The molecule has 0 spiro atoms. The average Bonchev–Trinajstić information content (AvgIpc) is 3.57. The van der Waals surface area contributed by atoms with Crippen LogP contribution in [0.1, 0.15) is 85.6 Å². The highest BCUT2D eigenvalue weighted by Crippen LogP contribution is 2.31. The second kappa shape index (κ2) is 17.2. The topological polar surface area (TPSA) is 151 Å². The Morgan fingerprint density at radius 2 is 1.79 bits per heavy atom. The van der Waals surface area contributed by atoms with Gasteiger partial charge in [-0.05, 0) is 55.5 Å². The van der Waals surface area contributed by atoms with E-state index < -0.39 is 24.5 Å². The highest BCUT2D eigenvalue weighted by molar-refractivity contribution is 5.89. The number of ether oxygens (including phenoxy) is 1. The summed E-state index contributed by atoms with van der Waals surface area (Å²) in [7, 11) is 1.99. The Balaban J connectivity index is 1.28. The summed E-state index contributed by atoms with van der Waals surface area (Å²) >= 11 is 0. The summed E-state index contributed by atoms with van der Waals surface area (Å²) in [5, 5.41) is 35.3. The van der Waals surface area contributed by atoms with E-state index in [4.69, 9.17) is 10.5 Å². The van der Waals surface area contributed by atoms with Gasteiger partial charge in [0, 0.05) is 24.8 Å². The number of nitrogens with zero attached hydrogens (tertiary/aromatic N) is 3. The number of rotatable bonds is 15. The molecule has 1 aromatic carbocycles. The van der Waals surface area contributed by atoms with Gasteiger partial charge in [-0.25, -0.2) is 9.69 Å². The summed E-state index contributed by atoms with van der Waals surface area (Å²) in [6.45, 7) is 16.2. The maximum atomic E-state index is 12.9. The maximum absolute atomic E-state index is 12.9. The molecule has 1 aromatic rings. The largest absolute Gasteiger partial charge is 0.387 e. The number of hydrogen-bond donors (Lipinski definition) is 7. The first-order chi connectivity index (χ1) is 22.3. The Bertz CT molecular complexity index is 1100. The number of nitrogens with one attached hydrogen (secondary N) is 4. The van der Waals surface area contributed by atoms with Gasteiger partial charge in [-0.2, -0.15) is 0 Å². The molecule has 2 amide bonds. The minimum atomic E-state index is -1.03. The molecular weight excluding hydrogens is 596 g/mol. The van der Waals surface area contributed by atoms with Crippen LogP contribution in [-0.4, -0.2) is 120 Å². The lowest BCUT2D eigenvalue weighted by atomic mass is 9.87. The number of hydrogen-bond acceptors (Lipinski definition) is 10. The predicted octanol–water partition coefficient (Wildman–Crippen LogP) is 2.57. The van der Waals surface area contributed by atoms with Crippen LogP contribution in [0.15, 0.2) is 24.3 Å². The molecule has 0 aliphatic carbocycles. The van der Waals surface area contributed by atoms with Crippen molar-refractivity contribution < 1.29 is 19.7 Å². The third-order valence-corrected chi connectivity index (χ3v) is 10.1. The number of unbranched alkanes of at least 4 members (excludes halogenated alkanes) is 4. The van der Waals surface area contributed by atoms with Crippen molar-refractivity contribution in [3.63, 3.8) is 0 Å². The van der Waals surface area contributed by atoms with E-state index in [0.29, 0.717) is 26.4 Å². The Hall–Kier alpha value is -1.87. The normalized spacial score (nSPS) is 29.4. The van der Waals surface area contributed by atoms with Gasteiger partial charge >= 0.3 is 6.03 Å². The quantitative estimate of drug-likeness (QED) is 0.140. The van der Waals surface area contributed by atoms with Crippen LogP contribution in [0.2, 0.25) is 0 Å². The minimum absolute atomic E-state index is 0.00502. The van der Waals surface area contributed by atoms with Gasteiger partial charge < -0.3 is 36.2 Å². The Morgan fingerprint density at radius 1 is 1.09 bits per heavy atom. The summed E-state index contributed by atoms with van der Waals surface area (Å²) < 4.78 is 6.42. The summed E-state index contributed by atoms with van der Waals surface area (Å²) in [4.78, 5) is 19.5. The zero-order valence-corrected chi connectivity index (χ0v) is 29.9. The molecule has 8 N–H and O–H groups in total. The third-order valence-electron chi connectivity index (χ3n) is 10.1. The highest BCUT2D eigenvalue weighted by atomic mass is 16.6. The van der Waals surface area contributed by atoms with Gasteiger partial charge in [0.15, 0.2) is 0 Å². The number of anilines is 1. The molecular formula is C35H64N8O4. The predicted molar refractivity (Wildman–Crippen MR) is 188 cm³/mol. The SMILES string of the molecule is CCCCCCCN1CNC(N)C2NCN(C3OC(CN(C)CCC(NC(=O)Nc4ccc(C(C)(C)C)cc4)C(C)C)[C@@H](O)[C@H]3O)C21. The number of nitrogens with two attached hydrogens (primary N) is 1. The van der Waals surface area contributed by atoms with Gasteiger partial charge in [-0.15, -0.1) is 0 Å². The van der Waals surface area contributed by atoms with Crippen molar-refractivity contribution in [3.05, 3.63) is 29.8 Å². The number of fused-ring (bicyclic) bond motifs is 1. The van der Waals surface area contributed by atoms with E-state index >= 15 is 0 Å². The summed E-state index contributed by atoms with van der Waals surface area (Å²) in [5.74, 6) is 0.235. The van der Waals surface area contributed by atoms with E-state index in [1.165, 1.54) is 31.2 Å². The van der Waals surface area contributed by atoms with Gasteiger partial charge in [-0.1, -0.05) is 79.4 Å². The lowest BCUT2D eigenvalue weighted by Crippen LogP contribution is -2.69. The zero-order valence-electron chi connectivity index (χ0n) is 29.9. The fourth-order valence-corrected chi connectivity index (χ4v) is 7.05. The van der Waals surface area contributed by atoms with Gasteiger partial charge in [0.1, 0.15) is 24.5 Å². The minimum Gasteiger partial charge on any atom is -0.387 e. The molecule has 12 heteroatoms. The Morgan fingerprint density at radius 3 is 2.45 bits per heavy atom. The molecule has 0 radical (unpaired) electrons. The van der Waals surface area contributed by atoms with Crippen molar-refractivity contribution in [3.8, 4) is 0 Å². The van der Waals surface area contributed by atoms with Crippen LogP contribution in [0.3, 0.4) is 0 Å². The van der Waals surface area contributed by atoms with Crippen LogP contribution >= 0.6 is 0 Å². The van der Waals surface area contributed by atoms with Crippen molar-refractivity contribution in [2.24, 2.45) is 11.7 Å². The maximum Gasteiger partial charge on any atom is 0.319 e. The molecule has 268 valence electrons. The molecule has 8 atom stereocenters. The monoisotopic (exact) mass is 661 g/mol. The molecule has 3 saturated heterocycles. The van der Waals surface area contributed by atoms with Crippen molar-refractivity contribution >= 4 is 11.7 Å². The molecule has 0 bridgehead atoms. The molecule has 0 aromatic heterocycles. The lowest BCUT2D eigenvalue weighted by molar-refractivity contribution is -0.131. The number of aliphatic hydroxyl groups excluding tert-OH is 2. The van der Waals surface area contributed by atoms with Gasteiger partial charge in [0.2, 0.25) is 0 Å². The molecule has 4 rings (SSSR count). The first-order valence-corrected chi connectivity index (χ1v) is 17.9. The Labute approximate surface area is 283 Å². The molecule has 0 saturated carbocycles. The standard InChI is InChI=1S/C35H64N8O4/c1-8-9-10-11-12-18-42-21-38-31(36)28-32(42)43(22-37-28)33-30(45)29(44)27(47-33)20-41(7)19-17-26(23(2)3)40-34(46)39-25-15-13-24(14-16-25)35(4,5)6/h13-16,23,26-33,37-38,44-45H,8-12,17-22,36H2,1-7H3,(H2,39,40,46)/t26?,27?,28?,29-,30-,31?,32?,33?/m1/s1. The first-order valence-electron chi connectivity index (χ1n) is 17.9. The van der Waals surface area contributed by atoms with Crippen molar-refractivity contribution in [1.82, 2.24) is 30.7 Å². The molecule has 6 unspecified atom stereocenters. The third kappa shape index (κ3) is 10.1. The van der Waals surface area contributed by atoms with Crippen LogP contribution in [0, 0.1) is 5.92 Å². The van der Waals surface area contributed by atoms with Crippen LogP contribution in [0.25, 0.3) is 0 Å². The first kappa shape index (κ1) is 37.9. The second-order valence-corrected chi connectivity index (χ2v) is 15.3. The second-order valence-electron chi connectivity index (χ2n) is 15.3.